The van der Waals surface area contributed by atoms with Gasteiger partial charge in [0.05, 0.1) is 19.8 Å². The number of aliphatic hydroxyl groups is 1. The molecule has 3 heteroatoms. The number of methoxy groups -OCH3 is 2. The van der Waals surface area contributed by atoms with Crippen molar-refractivity contribution in [3.8, 4) is 11.5 Å². The molecule has 0 bridgehead atoms. The maximum Gasteiger partial charge on any atom is 0.125 e. The summed E-state index contributed by atoms with van der Waals surface area (Å²) in [5.74, 6) is 1.49. The highest BCUT2D eigenvalue weighted by atomic mass is 16.5. The van der Waals surface area contributed by atoms with Crippen LogP contribution in [0.1, 0.15) is 26.3 Å². The smallest absolute Gasteiger partial charge is 0.125 e. The van der Waals surface area contributed by atoms with Crippen LogP contribution in [-0.2, 0) is 5.60 Å². The summed E-state index contributed by atoms with van der Waals surface area (Å²) in [6.07, 6.45) is 0. The van der Waals surface area contributed by atoms with Gasteiger partial charge in [-0.25, -0.2) is 0 Å². The molecule has 0 saturated carbocycles. The summed E-state index contributed by atoms with van der Waals surface area (Å²) < 4.78 is 10.4. The summed E-state index contributed by atoms with van der Waals surface area (Å²) in [6.45, 7) is 5.73. The molecule has 0 aliphatic heterocycles. The van der Waals surface area contributed by atoms with Crippen LogP contribution in [0.5, 0.6) is 11.5 Å². The standard InChI is InChI=1S/C13H20O3/c1-9(2)13(3,14)11-8-10(15-4)6-7-12(11)16-5/h6-9,14H,1-5H3/t13-/m1/s1. The van der Waals surface area contributed by atoms with E-state index in [-0.39, 0.29) is 5.92 Å². The summed E-state index contributed by atoms with van der Waals surface area (Å²) in [4.78, 5) is 0. The average molecular weight is 224 g/mol. The molecule has 0 saturated heterocycles. The summed E-state index contributed by atoms with van der Waals surface area (Å²) in [6, 6.07) is 5.45. The van der Waals surface area contributed by atoms with E-state index in [1.165, 1.54) is 0 Å². The van der Waals surface area contributed by atoms with Crippen molar-refractivity contribution in [2.45, 2.75) is 26.4 Å². The first-order chi connectivity index (χ1) is 7.43. The zero-order valence-electron chi connectivity index (χ0n) is 10.6. The third-order valence-electron chi connectivity index (χ3n) is 3.08. The molecular weight excluding hydrogens is 204 g/mol. The van der Waals surface area contributed by atoms with Gasteiger partial charge in [0.2, 0.25) is 0 Å². The second kappa shape index (κ2) is 4.74. The van der Waals surface area contributed by atoms with E-state index in [0.29, 0.717) is 5.75 Å². The molecule has 0 amide bonds. The molecule has 16 heavy (non-hydrogen) atoms. The Morgan fingerprint density at radius 3 is 2.25 bits per heavy atom. The van der Waals surface area contributed by atoms with E-state index in [9.17, 15) is 5.11 Å². The van der Waals surface area contributed by atoms with Crippen molar-refractivity contribution < 1.29 is 14.6 Å². The quantitative estimate of drug-likeness (QED) is 0.854. The van der Waals surface area contributed by atoms with Gasteiger partial charge in [0.1, 0.15) is 11.5 Å². The molecule has 1 N–H and O–H groups in total. The molecule has 3 nitrogen and oxygen atoms in total. The summed E-state index contributed by atoms with van der Waals surface area (Å²) in [5.41, 5.74) is -0.177. The molecule has 0 radical (unpaired) electrons. The van der Waals surface area contributed by atoms with Gasteiger partial charge in [-0.15, -0.1) is 0 Å². The zero-order chi connectivity index (χ0) is 12.3. The molecule has 0 spiro atoms. The number of hydrogen-bond donors (Lipinski definition) is 1. The molecule has 90 valence electrons. The lowest BCUT2D eigenvalue weighted by molar-refractivity contribution is 0.00677. The fourth-order valence-electron chi connectivity index (χ4n) is 1.52. The summed E-state index contributed by atoms with van der Waals surface area (Å²) in [5, 5.41) is 10.5. The van der Waals surface area contributed by atoms with Crippen LogP contribution >= 0.6 is 0 Å². The van der Waals surface area contributed by atoms with Crippen molar-refractivity contribution in [2.75, 3.05) is 14.2 Å². The normalized spacial score (nSPS) is 14.7. The van der Waals surface area contributed by atoms with Crippen LogP contribution in [0.2, 0.25) is 0 Å². The van der Waals surface area contributed by atoms with Gasteiger partial charge in [-0.3, -0.25) is 0 Å². The molecule has 1 rings (SSSR count). The Hall–Kier alpha value is -1.22. The Bertz CT molecular complexity index is 356. The predicted octanol–water partition coefficient (Wildman–Crippen LogP) is 2.57. The molecule has 1 aromatic carbocycles. The van der Waals surface area contributed by atoms with Crippen molar-refractivity contribution >= 4 is 0 Å². The first kappa shape index (κ1) is 12.8. The molecule has 1 atom stereocenters. The maximum absolute atomic E-state index is 10.5. The highest BCUT2D eigenvalue weighted by Gasteiger charge is 2.30. The summed E-state index contributed by atoms with van der Waals surface area (Å²) in [7, 11) is 3.21. The Labute approximate surface area is 97.0 Å². The van der Waals surface area contributed by atoms with Gasteiger partial charge in [-0.2, -0.15) is 0 Å². The van der Waals surface area contributed by atoms with Crippen LogP contribution in [0.3, 0.4) is 0 Å². The Kier molecular flexibility index (Phi) is 3.81. The number of hydrogen-bond acceptors (Lipinski definition) is 3. The number of ether oxygens (including phenoxy) is 2. The highest BCUT2D eigenvalue weighted by molar-refractivity contribution is 5.43. The van der Waals surface area contributed by atoms with Crippen LogP contribution in [0.4, 0.5) is 0 Å². The number of benzene rings is 1. The van der Waals surface area contributed by atoms with Crippen molar-refractivity contribution in [1.82, 2.24) is 0 Å². The highest BCUT2D eigenvalue weighted by Crippen LogP contribution is 2.37. The van der Waals surface area contributed by atoms with Crippen LogP contribution in [-0.4, -0.2) is 19.3 Å². The fraction of sp³-hybridized carbons (Fsp3) is 0.538. The third kappa shape index (κ3) is 2.30. The molecule has 0 unspecified atom stereocenters. The molecule has 0 aromatic heterocycles. The lowest BCUT2D eigenvalue weighted by atomic mass is 9.84. The Morgan fingerprint density at radius 1 is 1.19 bits per heavy atom. The lowest BCUT2D eigenvalue weighted by Gasteiger charge is -2.30. The van der Waals surface area contributed by atoms with Crippen LogP contribution in [0.15, 0.2) is 18.2 Å². The minimum Gasteiger partial charge on any atom is -0.497 e. The molecule has 0 heterocycles. The van der Waals surface area contributed by atoms with E-state index in [0.717, 1.165) is 11.3 Å². The third-order valence-corrected chi connectivity index (χ3v) is 3.08. The van der Waals surface area contributed by atoms with Gasteiger partial charge in [0.25, 0.3) is 0 Å². The topological polar surface area (TPSA) is 38.7 Å². The zero-order valence-corrected chi connectivity index (χ0v) is 10.6. The van der Waals surface area contributed by atoms with Gasteiger partial charge < -0.3 is 14.6 Å². The second-order valence-corrected chi connectivity index (χ2v) is 4.37. The van der Waals surface area contributed by atoms with Crippen LogP contribution in [0.25, 0.3) is 0 Å². The molecule has 0 fully saturated rings. The molecule has 0 aliphatic rings. The first-order valence-electron chi connectivity index (χ1n) is 5.38. The van der Waals surface area contributed by atoms with E-state index in [4.69, 9.17) is 9.47 Å². The van der Waals surface area contributed by atoms with E-state index in [2.05, 4.69) is 0 Å². The van der Waals surface area contributed by atoms with Gasteiger partial charge in [-0.05, 0) is 31.0 Å². The van der Waals surface area contributed by atoms with Gasteiger partial charge in [0, 0.05) is 5.56 Å². The SMILES string of the molecule is COc1ccc(OC)c([C@](C)(O)C(C)C)c1. The first-order valence-corrected chi connectivity index (χ1v) is 5.38. The van der Waals surface area contributed by atoms with Crippen molar-refractivity contribution in [2.24, 2.45) is 5.92 Å². The van der Waals surface area contributed by atoms with Gasteiger partial charge >= 0.3 is 0 Å². The van der Waals surface area contributed by atoms with E-state index in [1.54, 1.807) is 21.1 Å². The van der Waals surface area contributed by atoms with E-state index < -0.39 is 5.60 Å². The summed E-state index contributed by atoms with van der Waals surface area (Å²) >= 11 is 0. The minimum atomic E-state index is -0.931. The van der Waals surface area contributed by atoms with Crippen LogP contribution in [0, 0.1) is 5.92 Å². The molecule has 1 aromatic rings. The van der Waals surface area contributed by atoms with E-state index in [1.807, 2.05) is 32.0 Å². The Morgan fingerprint density at radius 2 is 1.81 bits per heavy atom. The molecular formula is C13H20O3. The van der Waals surface area contributed by atoms with Crippen LogP contribution < -0.4 is 9.47 Å². The van der Waals surface area contributed by atoms with Gasteiger partial charge in [-0.1, -0.05) is 13.8 Å². The van der Waals surface area contributed by atoms with Crippen molar-refractivity contribution in [3.05, 3.63) is 23.8 Å². The van der Waals surface area contributed by atoms with Crippen molar-refractivity contribution in [3.63, 3.8) is 0 Å². The fourth-order valence-corrected chi connectivity index (χ4v) is 1.52. The monoisotopic (exact) mass is 224 g/mol. The largest absolute Gasteiger partial charge is 0.497 e. The average Bonchev–Trinajstić information content (AvgIpc) is 2.27. The van der Waals surface area contributed by atoms with E-state index >= 15 is 0 Å². The van der Waals surface area contributed by atoms with Crippen molar-refractivity contribution in [1.29, 1.82) is 0 Å². The Balaban J connectivity index is 3.28. The second-order valence-electron chi connectivity index (χ2n) is 4.37. The lowest BCUT2D eigenvalue weighted by Crippen LogP contribution is -2.28. The number of rotatable bonds is 4. The molecule has 0 aliphatic carbocycles. The van der Waals surface area contributed by atoms with Gasteiger partial charge in [0.15, 0.2) is 0 Å². The minimum absolute atomic E-state index is 0.0912. The maximum atomic E-state index is 10.5. The predicted molar refractivity (Wildman–Crippen MR) is 64.0 cm³/mol.